The quantitative estimate of drug-likeness (QED) is 0.346. The maximum atomic E-state index is 12.5. The molecule has 3 aromatic rings. The van der Waals surface area contributed by atoms with Gasteiger partial charge < -0.3 is 9.47 Å². The molecule has 0 aliphatic heterocycles. The molecular weight excluding hydrogens is 498 g/mol. The number of hydrogen-bond donors (Lipinski definition) is 2. The van der Waals surface area contributed by atoms with Crippen LogP contribution >= 0.6 is 15.9 Å². The zero-order chi connectivity index (χ0) is 23.1. The highest BCUT2D eigenvalue weighted by Crippen LogP contribution is 2.26. The first-order valence-electron chi connectivity index (χ1n) is 9.26. The molecule has 0 aliphatic rings. The summed E-state index contributed by atoms with van der Waals surface area (Å²) in [6.45, 7) is 0. The second kappa shape index (κ2) is 10.3. The number of carbonyl (C=O) groups is 1. The number of amides is 1. The number of nitrogens with zero attached hydrogens (tertiary/aromatic N) is 1. The molecule has 0 unspecified atom stereocenters. The Morgan fingerprint density at radius 2 is 1.59 bits per heavy atom. The Hall–Kier alpha value is -3.37. The second-order valence-corrected chi connectivity index (χ2v) is 9.05. The van der Waals surface area contributed by atoms with Crippen molar-refractivity contribution in [2.45, 2.75) is 4.90 Å². The highest BCUT2D eigenvalue weighted by Gasteiger charge is 2.14. The fourth-order valence-corrected chi connectivity index (χ4v) is 4.00. The molecule has 0 atom stereocenters. The first-order chi connectivity index (χ1) is 15.3. The molecule has 0 saturated carbocycles. The number of anilines is 1. The Morgan fingerprint density at radius 1 is 0.938 bits per heavy atom. The van der Waals surface area contributed by atoms with E-state index in [2.05, 4.69) is 31.2 Å². The molecule has 1 amide bonds. The third-order valence-corrected chi connectivity index (χ3v) is 6.24. The van der Waals surface area contributed by atoms with Crippen LogP contribution in [0.15, 0.2) is 81.2 Å². The summed E-state index contributed by atoms with van der Waals surface area (Å²) in [6, 6.07) is 17.5. The first kappa shape index (κ1) is 23.3. The molecule has 0 bridgehead atoms. The van der Waals surface area contributed by atoms with Crippen molar-refractivity contribution in [2.75, 3.05) is 18.9 Å². The summed E-state index contributed by atoms with van der Waals surface area (Å²) in [5.41, 5.74) is 3.79. The maximum absolute atomic E-state index is 12.5. The molecule has 2 N–H and O–H groups in total. The fraction of sp³-hybridized carbons (Fsp3) is 0.0909. The molecular formula is C22H20BrN3O5S. The average Bonchev–Trinajstić information content (AvgIpc) is 2.79. The van der Waals surface area contributed by atoms with Gasteiger partial charge in [0.1, 0.15) is 0 Å². The minimum Gasteiger partial charge on any atom is -0.493 e. The van der Waals surface area contributed by atoms with Crippen LogP contribution in [-0.2, 0) is 10.0 Å². The van der Waals surface area contributed by atoms with Gasteiger partial charge in [-0.3, -0.25) is 9.52 Å². The van der Waals surface area contributed by atoms with E-state index in [-0.39, 0.29) is 4.90 Å². The van der Waals surface area contributed by atoms with Crippen LogP contribution in [0.5, 0.6) is 11.5 Å². The highest BCUT2D eigenvalue weighted by atomic mass is 79.9. The number of hydrogen-bond acceptors (Lipinski definition) is 6. The van der Waals surface area contributed by atoms with Crippen LogP contribution in [0, 0.1) is 0 Å². The van der Waals surface area contributed by atoms with Gasteiger partial charge in [-0.25, -0.2) is 13.8 Å². The number of benzene rings is 3. The summed E-state index contributed by atoms with van der Waals surface area (Å²) in [5, 5.41) is 3.94. The number of sulfonamides is 1. The predicted octanol–water partition coefficient (Wildman–Crippen LogP) is 4.03. The van der Waals surface area contributed by atoms with Gasteiger partial charge >= 0.3 is 0 Å². The molecule has 3 aromatic carbocycles. The van der Waals surface area contributed by atoms with Crippen LogP contribution in [0.2, 0.25) is 0 Å². The molecule has 166 valence electrons. The lowest BCUT2D eigenvalue weighted by Gasteiger charge is -2.09. The molecule has 3 rings (SSSR count). The second-order valence-electron chi connectivity index (χ2n) is 6.45. The van der Waals surface area contributed by atoms with Crippen LogP contribution in [0.1, 0.15) is 15.9 Å². The van der Waals surface area contributed by atoms with Gasteiger partial charge in [0.15, 0.2) is 11.5 Å². The van der Waals surface area contributed by atoms with E-state index in [1.165, 1.54) is 49.7 Å². The van der Waals surface area contributed by atoms with Crippen molar-refractivity contribution in [1.82, 2.24) is 5.43 Å². The molecule has 0 radical (unpaired) electrons. The normalized spacial score (nSPS) is 11.2. The number of carbonyl (C=O) groups excluding carboxylic acids is 1. The van der Waals surface area contributed by atoms with Gasteiger partial charge in [0.2, 0.25) is 0 Å². The van der Waals surface area contributed by atoms with Gasteiger partial charge in [0.05, 0.1) is 25.3 Å². The summed E-state index contributed by atoms with van der Waals surface area (Å²) >= 11 is 3.27. The summed E-state index contributed by atoms with van der Waals surface area (Å²) in [5.74, 6) is 0.692. The van der Waals surface area contributed by atoms with Crippen LogP contribution in [0.25, 0.3) is 0 Å². The molecule has 32 heavy (non-hydrogen) atoms. The molecule has 0 aromatic heterocycles. The third-order valence-electron chi connectivity index (χ3n) is 4.31. The lowest BCUT2D eigenvalue weighted by atomic mass is 10.2. The van der Waals surface area contributed by atoms with Gasteiger partial charge in [-0.05, 0) is 72.3 Å². The van der Waals surface area contributed by atoms with Crippen molar-refractivity contribution in [1.29, 1.82) is 0 Å². The van der Waals surface area contributed by atoms with E-state index in [1.807, 2.05) is 0 Å². The Bertz CT molecular complexity index is 1230. The number of rotatable bonds is 8. The summed E-state index contributed by atoms with van der Waals surface area (Å²) in [7, 11) is -0.657. The topological polar surface area (TPSA) is 106 Å². The molecule has 0 heterocycles. The molecule has 0 spiro atoms. The molecule has 0 fully saturated rings. The van der Waals surface area contributed by atoms with Gasteiger partial charge in [-0.2, -0.15) is 5.10 Å². The van der Waals surface area contributed by atoms with Crippen molar-refractivity contribution in [3.05, 3.63) is 82.3 Å². The van der Waals surface area contributed by atoms with Crippen molar-refractivity contribution >= 4 is 43.8 Å². The first-order valence-corrected chi connectivity index (χ1v) is 11.5. The zero-order valence-electron chi connectivity index (χ0n) is 17.2. The van der Waals surface area contributed by atoms with Crippen molar-refractivity contribution in [2.24, 2.45) is 5.10 Å². The van der Waals surface area contributed by atoms with Crippen LogP contribution in [0.4, 0.5) is 5.69 Å². The lowest BCUT2D eigenvalue weighted by Crippen LogP contribution is -2.18. The summed E-state index contributed by atoms with van der Waals surface area (Å²) < 4.78 is 38.6. The van der Waals surface area contributed by atoms with Gasteiger partial charge in [0, 0.05) is 15.7 Å². The number of methoxy groups -OCH3 is 2. The van der Waals surface area contributed by atoms with Gasteiger partial charge in [-0.1, -0.05) is 15.9 Å². The Labute approximate surface area is 194 Å². The number of nitrogens with one attached hydrogen (secondary N) is 2. The maximum Gasteiger partial charge on any atom is 0.271 e. The van der Waals surface area contributed by atoms with Crippen LogP contribution < -0.4 is 19.6 Å². The molecule has 0 saturated heterocycles. The third kappa shape index (κ3) is 5.86. The van der Waals surface area contributed by atoms with Crippen LogP contribution in [0.3, 0.4) is 0 Å². The summed E-state index contributed by atoms with van der Waals surface area (Å²) in [4.78, 5) is 12.4. The molecule has 0 aliphatic carbocycles. The van der Waals surface area contributed by atoms with E-state index >= 15 is 0 Å². The zero-order valence-corrected chi connectivity index (χ0v) is 19.6. The highest BCUT2D eigenvalue weighted by molar-refractivity contribution is 9.10. The number of halogens is 1. The minimum absolute atomic E-state index is 0.131. The van der Waals surface area contributed by atoms with Crippen molar-refractivity contribution in [3.8, 4) is 11.5 Å². The van der Waals surface area contributed by atoms with E-state index in [1.54, 1.807) is 37.4 Å². The van der Waals surface area contributed by atoms with E-state index in [4.69, 9.17) is 9.47 Å². The standard InChI is InChI=1S/C22H20BrN3O5S/c1-30-20-12-3-15(13-21(20)31-2)14-24-25-22(27)16-4-8-18(9-5-16)26-32(28,29)19-10-6-17(23)7-11-19/h3-14,26H,1-2H3,(H,25,27)/b24-14-. The van der Waals surface area contributed by atoms with Crippen molar-refractivity contribution < 1.29 is 22.7 Å². The Kier molecular flexibility index (Phi) is 7.49. The smallest absolute Gasteiger partial charge is 0.271 e. The SMILES string of the molecule is COc1ccc(/C=N\NC(=O)c2ccc(NS(=O)(=O)c3ccc(Br)cc3)cc2)cc1OC. The molecule has 10 heteroatoms. The Balaban J connectivity index is 1.62. The molecule has 8 nitrogen and oxygen atoms in total. The predicted molar refractivity (Wildman–Crippen MR) is 126 cm³/mol. The van der Waals surface area contributed by atoms with E-state index in [0.717, 1.165) is 4.47 Å². The van der Waals surface area contributed by atoms with Gasteiger partial charge in [0.25, 0.3) is 15.9 Å². The number of ether oxygens (including phenoxy) is 2. The number of hydrazone groups is 1. The van der Waals surface area contributed by atoms with Crippen molar-refractivity contribution in [3.63, 3.8) is 0 Å². The lowest BCUT2D eigenvalue weighted by molar-refractivity contribution is 0.0955. The largest absolute Gasteiger partial charge is 0.493 e. The average molecular weight is 518 g/mol. The monoisotopic (exact) mass is 517 g/mol. The van der Waals surface area contributed by atoms with E-state index in [0.29, 0.717) is 28.3 Å². The fourth-order valence-electron chi connectivity index (χ4n) is 2.68. The van der Waals surface area contributed by atoms with Gasteiger partial charge in [-0.15, -0.1) is 0 Å². The van der Waals surface area contributed by atoms with E-state index in [9.17, 15) is 13.2 Å². The van der Waals surface area contributed by atoms with Crippen LogP contribution in [-0.4, -0.2) is 34.8 Å². The Morgan fingerprint density at radius 3 is 2.22 bits per heavy atom. The summed E-state index contributed by atoms with van der Waals surface area (Å²) in [6.07, 6.45) is 1.47. The minimum atomic E-state index is -3.73. The van der Waals surface area contributed by atoms with E-state index < -0.39 is 15.9 Å².